The molecule has 2 fully saturated rings. The van der Waals surface area contributed by atoms with E-state index >= 15 is 0 Å². The quantitative estimate of drug-likeness (QED) is 0.812. The van der Waals surface area contributed by atoms with Gasteiger partial charge in [0.25, 0.3) is 0 Å². The van der Waals surface area contributed by atoms with Crippen LogP contribution >= 0.6 is 0 Å². The molecule has 0 bridgehead atoms. The summed E-state index contributed by atoms with van der Waals surface area (Å²) in [4.78, 5) is 18.3. The number of benzene rings is 1. The lowest BCUT2D eigenvalue weighted by molar-refractivity contribution is -0.202. The van der Waals surface area contributed by atoms with Crippen LogP contribution in [0.15, 0.2) is 48.8 Å². The second-order valence-electron chi connectivity index (χ2n) is 7.38. The van der Waals surface area contributed by atoms with E-state index in [2.05, 4.69) is 4.98 Å². The molecule has 2 aliphatic rings. The van der Waals surface area contributed by atoms with E-state index in [1.807, 2.05) is 18.3 Å². The van der Waals surface area contributed by atoms with Gasteiger partial charge in [-0.05, 0) is 35.7 Å². The maximum Gasteiger partial charge on any atom is 0.227 e. The van der Waals surface area contributed by atoms with Crippen molar-refractivity contribution >= 4 is 5.91 Å². The number of hydrogen-bond donors (Lipinski definition) is 0. The SMILES string of the molecule is O=C(Cc1cccc(F)c1)N1CC2(C[C@@H](OCc3cccnc3)CCO2)C1. The van der Waals surface area contributed by atoms with Crippen LogP contribution in [0.25, 0.3) is 0 Å². The molecule has 27 heavy (non-hydrogen) atoms. The number of ether oxygens (including phenoxy) is 2. The van der Waals surface area contributed by atoms with E-state index in [9.17, 15) is 9.18 Å². The van der Waals surface area contributed by atoms with Crippen molar-refractivity contribution in [2.24, 2.45) is 0 Å². The van der Waals surface area contributed by atoms with Gasteiger partial charge in [0.2, 0.25) is 5.91 Å². The summed E-state index contributed by atoms with van der Waals surface area (Å²) in [6.45, 7) is 2.34. The first-order valence-electron chi connectivity index (χ1n) is 9.29. The van der Waals surface area contributed by atoms with Gasteiger partial charge in [0, 0.05) is 25.4 Å². The monoisotopic (exact) mass is 370 g/mol. The molecule has 0 saturated carbocycles. The molecule has 3 heterocycles. The molecular formula is C21H23FN2O3. The number of carbonyl (C=O) groups excluding carboxylic acids is 1. The van der Waals surface area contributed by atoms with Crippen molar-refractivity contribution in [1.82, 2.24) is 9.88 Å². The molecule has 1 aromatic heterocycles. The van der Waals surface area contributed by atoms with E-state index < -0.39 is 0 Å². The minimum atomic E-state index is -0.315. The van der Waals surface area contributed by atoms with Crippen LogP contribution in [0.5, 0.6) is 0 Å². The van der Waals surface area contributed by atoms with Crippen LogP contribution in [0.3, 0.4) is 0 Å². The standard InChI is InChI=1S/C21H23FN2O3/c22-18-5-1-3-16(9-18)10-20(25)24-14-21(15-24)11-19(6-8-27-21)26-13-17-4-2-7-23-12-17/h1-5,7,9,12,19H,6,8,10-11,13-15H2/t19-/m0/s1. The first kappa shape index (κ1) is 18.1. The van der Waals surface area contributed by atoms with Crippen LogP contribution in [-0.4, -0.2) is 47.2 Å². The summed E-state index contributed by atoms with van der Waals surface area (Å²) in [5, 5.41) is 0. The van der Waals surface area contributed by atoms with Crippen molar-refractivity contribution in [3.63, 3.8) is 0 Å². The molecule has 0 unspecified atom stereocenters. The lowest BCUT2D eigenvalue weighted by Gasteiger charge is -2.53. The second-order valence-corrected chi connectivity index (χ2v) is 7.38. The zero-order valence-electron chi connectivity index (χ0n) is 15.1. The highest BCUT2D eigenvalue weighted by atomic mass is 19.1. The summed E-state index contributed by atoms with van der Waals surface area (Å²) in [6, 6.07) is 10.1. The Morgan fingerprint density at radius 3 is 2.93 bits per heavy atom. The normalized spacial score (nSPS) is 21.1. The number of carbonyl (C=O) groups is 1. The molecule has 142 valence electrons. The van der Waals surface area contributed by atoms with Gasteiger partial charge in [0.05, 0.1) is 32.2 Å². The molecule has 0 aliphatic carbocycles. The minimum Gasteiger partial charge on any atom is -0.373 e. The molecular weight excluding hydrogens is 347 g/mol. The third-order valence-corrected chi connectivity index (χ3v) is 5.21. The highest BCUT2D eigenvalue weighted by molar-refractivity contribution is 5.80. The predicted octanol–water partition coefficient (Wildman–Crippen LogP) is 2.74. The van der Waals surface area contributed by atoms with Gasteiger partial charge < -0.3 is 14.4 Å². The number of amides is 1. The Morgan fingerprint density at radius 1 is 1.30 bits per heavy atom. The lowest BCUT2D eigenvalue weighted by Crippen LogP contribution is -2.67. The Labute approximate surface area is 158 Å². The molecule has 1 amide bonds. The third kappa shape index (κ3) is 4.34. The maximum absolute atomic E-state index is 13.3. The minimum absolute atomic E-state index is 0.00762. The van der Waals surface area contributed by atoms with Crippen LogP contribution in [-0.2, 0) is 27.3 Å². The Balaban J connectivity index is 1.27. The fraction of sp³-hybridized carbons (Fsp3) is 0.429. The number of likely N-dealkylation sites (tertiary alicyclic amines) is 1. The average molecular weight is 370 g/mol. The van der Waals surface area contributed by atoms with Crippen molar-refractivity contribution in [2.45, 2.75) is 37.6 Å². The second kappa shape index (κ2) is 7.74. The van der Waals surface area contributed by atoms with Gasteiger partial charge in [-0.25, -0.2) is 4.39 Å². The van der Waals surface area contributed by atoms with E-state index in [1.165, 1.54) is 12.1 Å². The number of hydrogen-bond acceptors (Lipinski definition) is 4. The van der Waals surface area contributed by atoms with Crippen molar-refractivity contribution in [3.05, 3.63) is 65.7 Å². The molecule has 1 aromatic carbocycles. The summed E-state index contributed by atoms with van der Waals surface area (Å²) in [7, 11) is 0. The van der Waals surface area contributed by atoms with Crippen LogP contribution in [0, 0.1) is 5.82 Å². The molecule has 0 radical (unpaired) electrons. The fourth-order valence-electron chi connectivity index (χ4n) is 3.80. The highest BCUT2D eigenvalue weighted by Crippen LogP contribution is 2.35. The van der Waals surface area contributed by atoms with E-state index in [4.69, 9.17) is 9.47 Å². The Morgan fingerprint density at radius 2 is 2.15 bits per heavy atom. The summed E-state index contributed by atoms with van der Waals surface area (Å²) in [5.74, 6) is -0.308. The van der Waals surface area contributed by atoms with Crippen molar-refractivity contribution in [1.29, 1.82) is 0 Å². The number of halogens is 1. The number of pyridine rings is 1. The Hall–Kier alpha value is -2.31. The number of aromatic nitrogens is 1. The molecule has 0 N–H and O–H groups in total. The first-order valence-corrected chi connectivity index (χ1v) is 9.29. The van der Waals surface area contributed by atoms with Crippen molar-refractivity contribution in [2.75, 3.05) is 19.7 Å². The van der Waals surface area contributed by atoms with E-state index in [-0.39, 0.29) is 29.9 Å². The van der Waals surface area contributed by atoms with Gasteiger partial charge in [-0.3, -0.25) is 9.78 Å². The van der Waals surface area contributed by atoms with Crippen LogP contribution in [0.1, 0.15) is 24.0 Å². The smallest absolute Gasteiger partial charge is 0.227 e. The molecule has 1 atom stereocenters. The van der Waals surface area contributed by atoms with E-state index in [0.29, 0.717) is 31.9 Å². The summed E-state index contributed by atoms with van der Waals surface area (Å²) >= 11 is 0. The van der Waals surface area contributed by atoms with Crippen molar-refractivity contribution in [3.8, 4) is 0 Å². The van der Waals surface area contributed by atoms with Crippen molar-refractivity contribution < 1.29 is 18.7 Å². The zero-order valence-corrected chi connectivity index (χ0v) is 15.1. The largest absolute Gasteiger partial charge is 0.373 e. The molecule has 1 spiro atoms. The van der Waals surface area contributed by atoms with Gasteiger partial charge >= 0.3 is 0 Å². The molecule has 2 saturated heterocycles. The van der Waals surface area contributed by atoms with Crippen LogP contribution in [0.2, 0.25) is 0 Å². The molecule has 4 rings (SSSR count). The highest BCUT2D eigenvalue weighted by Gasteiger charge is 2.49. The third-order valence-electron chi connectivity index (χ3n) is 5.21. The topological polar surface area (TPSA) is 51.7 Å². The van der Waals surface area contributed by atoms with Gasteiger partial charge in [-0.15, -0.1) is 0 Å². The number of rotatable bonds is 5. The summed E-state index contributed by atoms with van der Waals surface area (Å²) < 4.78 is 25.3. The van der Waals surface area contributed by atoms with Gasteiger partial charge in [0.15, 0.2) is 0 Å². The molecule has 2 aromatic rings. The van der Waals surface area contributed by atoms with Gasteiger partial charge in [-0.1, -0.05) is 18.2 Å². The average Bonchev–Trinajstić information content (AvgIpc) is 2.65. The zero-order chi connectivity index (χ0) is 18.7. The first-order chi connectivity index (χ1) is 13.1. The number of nitrogens with zero attached hydrogens (tertiary/aromatic N) is 2. The summed E-state index contributed by atoms with van der Waals surface area (Å²) in [6.07, 6.45) is 5.55. The van der Waals surface area contributed by atoms with Gasteiger partial charge in [-0.2, -0.15) is 0 Å². The molecule has 2 aliphatic heterocycles. The van der Waals surface area contributed by atoms with E-state index in [1.54, 1.807) is 23.2 Å². The molecule has 6 heteroatoms. The lowest BCUT2D eigenvalue weighted by atomic mass is 9.84. The van der Waals surface area contributed by atoms with Crippen LogP contribution < -0.4 is 0 Å². The van der Waals surface area contributed by atoms with Crippen LogP contribution in [0.4, 0.5) is 4.39 Å². The Kier molecular flexibility index (Phi) is 5.18. The molecule has 5 nitrogen and oxygen atoms in total. The fourth-order valence-corrected chi connectivity index (χ4v) is 3.80. The summed E-state index contributed by atoms with van der Waals surface area (Å²) in [5.41, 5.74) is 1.46. The Bertz CT molecular complexity index is 793. The van der Waals surface area contributed by atoms with Gasteiger partial charge in [0.1, 0.15) is 11.4 Å². The maximum atomic E-state index is 13.3. The van der Waals surface area contributed by atoms with E-state index in [0.717, 1.165) is 18.4 Å². The predicted molar refractivity (Wildman–Crippen MR) is 97.4 cm³/mol.